The molecule has 18 heavy (non-hydrogen) atoms. The first-order valence-electron chi connectivity index (χ1n) is 6.42. The Morgan fingerprint density at radius 2 is 2.22 bits per heavy atom. The maximum atomic E-state index is 10.7. The number of benzene rings is 1. The average Bonchev–Trinajstić information content (AvgIpc) is 2.38. The highest BCUT2D eigenvalue weighted by Crippen LogP contribution is 2.25. The number of ether oxygens (including phenoxy) is 1. The zero-order valence-corrected chi connectivity index (χ0v) is 10.7. The molecule has 4 nitrogen and oxygen atoms in total. The third-order valence-electron chi connectivity index (χ3n) is 3.10. The Kier molecular flexibility index (Phi) is 4.73. The van der Waals surface area contributed by atoms with Crippen molar-refractivity contribution >= 4 is 5.91 Å². The van der Waals surface area contributed by atoms with Gasteiger partial charge in [-0.3, -0.25) is 4.79 Å². The van der Waals surface area contributed by atoms with Crippen molar-refractivity contribution in [3.63, 3.8) is 0 Å². The predicted octanol–water partition coefficient (Wildman–Crippen LogP) is 1.03. The Morgan fingerprint density at radius 1 is 1.39 bits per heavy atom. The first-order valence-corrected chi connectivity index (χ1v) is 6.42. The van der Waals surface area contributed by atoms with Crippen LogP contribution in [0.5, 0.6) is 0 Å². The number of hydrogen-bond donors (Lipinski definition) is 2. The molecule has 0 fully saturated rings. The van der Waals surface area contributed by atoms with Crippen LogP contribution >= 0.6 is 0 Å². The fraction of sp³-hybridized carbons (Fsp3) is 0.500. The third kappa shape index (κ3) is 3.55. The molecule has 1 atom stereocenters. The van der Waals surface area contributed by atoms with Gasteiger partial charge in [-0.05, 0) is 17.5 Å². The van der Waals surface area contributed by atoms with Crippen LogP contribution in [0.25, 0.3) is 0 Å². The topological polar surface area (TPSA) is 50.4 Å². The van der Waals surface area contributed by atoms with Gasteiger partial charge in [0, 0.05) is 26.6 Å². The molecule has 2 rings (SSSR count). The highest BCUT2D eigenvalue weighted by Gasteiger charge is 2.19. The van der Waals surface area contributed by atoms with Crippen molar-refractivity contribution in [2.45, 2.75) is 19.4 Å². The van der Waals surface area contributed by atoms with Crippen molar-refractivity contribution in [3.8, 4) is 0 Å². The molecule has 0 saturated heterocycles. The standard InChI is InChI=1S/C14H20N2O2/c1-11(17)16-8-7-15-10-14-13-5-3-2-4-12(13)6-9-18-14/h2-5,14-15H,6-10H2,1H3,(H,16,17). The number of fused-ring (bicyclic) bond motifs is 1. The lowest BCUT2D eigenvalue weighted by Gasteiger charge is -2.26. The molecule has 0 bridgehead atoms. The average molecular weight is 248 g/mol. The number of hydrogen-bond acceptors (Lipinski definition) is 3. The normalized spacial score (nSPS) is 18.2. The molecule has 0 aromatic heterocycles. The van der Waals surface area contributed by atoms with E-state index in [1.165, 1.54) is 18.1 Å². The number of amides is 1. The number of rotatable bonds is 5. The lowest BCUT2D eigenvalue weighted by molar-refractivity contribution is -0.118. The maximum Gasteiger partial charge on any atom is 0.216 e. The second-order valence-corrected chi connectivity index (χ2v) is 4.50. The molecule has 98 valence electrons. The Labute approximate surface area is 108 Å². The van der Waals surface area contributed by atoms with Crippen molar-refractivity contribution in [1.82, 2.24) is 10.6 Å². The van der Waals surface area contributed by atoms with Gasteiger partial charge >= 0.3 is 0 Å². The monoisotopic (exact) mass is 248 g/mol. The summed E-state index contributed by atoms with van der Waals surface area (Å²) in [6, 6.07) is 8.43. The van der Waals surface area contributed by atoms with E-state index in [4.69, 9.17) is 4.74 Å². The van der Waals surface area contributed by atoms with E-state index in [1.807, 2.05) is 0 Å². The molecule has 1 amide bonds. The smallest absolute Gasteiger partial charge is 0.216 e. The second kappa shape index (κ2) is 6.52. The minimum Gasteiger partial charge on any atom is -0.372 e. The van der Waals surface area contributed by atoms with Crippen molar-refractivity contribution in [3.05, 3.63) is 35.4 Å². The summed E-state index contributed by atoms with van der Waals surface area (Å²) in [4.78, 5) is 10.7. The van der Waals surface area contributed by atoms with Gasteiger partial charge < -0.3 is 15.4 Å². The van der Waals surface area contributed by atoms with Crippen LogP contribution in [0.4, 0.5) is 0 Å². The summed E-state index contributed by atoms with van der Waals surface area (Å²) >= 11 is 0. The highest BCUT2D eigenvalue weighted by molar-refractivity contribution is 5.72. The summed E-state index contributed by atoms with van der Waals surface area (Å²) in [5.74, 6) is 0.0102. The van der Waals surface area contributed by atoms with E-state index in [0.717, 1.165) is 26.1 Å². The fourth-order valence-corrected chi connectivity index (χ4v) is 2.21. The fourth-order valence-electron chi connectivity index (χ4n) is 2.21. The molecule has 1 unspecified atom stereocenters. The SMILES string of the molecule is CC(=O)NCCNCC1OCCc2ccccc21. The Bertz CT molecular complexity index is 407. The van der Waals surface area contributed by atoms with Gasteiger partial charge in [0.25, 0.3) is 0 Å². The van der Waals surface area contributed by atoms with E-state index in [0.29, 0.717) is 6.54 Å². The molecule has 1 aliphatic rings. The molecule has 0 spiro atoms. The molecule has 2 N–H and O–H groups in total. The second-order valence-electron chi connectivity index (χ2n) is 4.50. The van der Waals surface area contributed by atoms with Gasteiger partial charge in [-0.1, -0.05) is 24.3 Å². The molecule has 1 heterocycles. The summed E-state index contributed by atoms with van der Waals surface area (Å²) in [5.41, 5.74) is 2.67. The van der Waals surface area contributed by atoms with Crippen LogP contribution in [-0.4, -0.2) is 32.1 Å². The van der Waals surface area contributed by atoms with Crippen LogP contribution in [-0.2, 0) is 16.0 Å². The Hall–Kier alpha value is -1.39. The molecule has 4 heteroatoms. The molecule has 0 aliphatic carbocycles. The van der Waals surface area contributed by atoms with Crippen LogP contribution in [0.3, 0.4) is 0 Å². The largest absolute Gasteiger partial charge is 0.372 e. The zero-order valence-electron chi connectivity index (χ0n) is 10.7. The van der Waals surface area contributed by atoms with E-state index in [1.54, 1.807) is 0 Å². The van der Waals surface area contributed by atoms with Gasteiger partial charge in [0.15, 0.2) is 0 Å². The lowest BCUT2D eigenvalue weighted by atomic mass is 9.97. The van der Waals surface area contributed by atoms with Crippen LogP contribution in [0.1, 0.15) is 24.2 Å². The minimum atomic E-state index is 0.0102. The summed E-state index contributed by atoms with van der Waals surface area (Å²) in [5, 5.41) is 6.07. The quantitative estimate of drug-likeness (QED) is 0.765. The highest BCUT2D eigenvalue weighted by atomic mass is 16.5. The van der Waals surface area contributed by atoms with E-state index < -0.39 is 0 Å². The summed E-state index contributed by atoms with van der Waals surface area (Å²) in [6.45, 7) is 4.53. The molecule has 1 aromatic carbocycles. The number of nitrogens with one attached hydrogen (secondary N) is 2. The Morgan fingerprint density at radius 3 is 3.06 bits per heavy atom. The lowest BCUT2D eigenvalue weighted by Crippen LogP contribution is -2.34. The van der Waals surface area contributed by atoms with E-state index in [-0.39, 0.29) is 12.0 Å². The van der Waals surface area contributed by atoms with Crippen LogP contribution < -0.4 is 10.6 Å². The molecule has 0 saturated carbocycles. The van der Waals surface area contributed by atoms with Gasteiger partial charge in [0.1, 0.15) is 0 Å². The van der Waals surface area contributed by atoms with Gasteiger partial charge in [-0.25, -0.2) is 0 Å². The first-order chi connectivity index (χ1) is 8.77. The number of carbonyl (C=O) groups excluding carboxylic acids is 1. The maximum absolute atomic E-state index is 10.7. The van der Waals surface area contributed by atoms with Crippen LogP contribution in [0.15, 0.2) is 24.3 Å². The van der Waals surface area contributed by atoms with Crippen LogP contribution in [0, 0.1) is 0 Å². The predicted molar refractivity (Wildman–Crippen MR) is 70.4 cm³/mol. The minimum absolute atomic E-state index is 0.0102. The van der Waals surface area contributed by atoms with E-state index in [2.05, 4.69) is 34.9 Å². The zero-order chi connectivity index (χ0) is 12.8. The molecule has 1 aromatic rings. The molecule has 0 radical (unpaired) electrons. The van der Waals surface area contributed by atoms with Crippen molar-refractivity contribution in [2.75, 3.05) is 26.2 Å². The van der Waals surface area contributed by atoms with Crippen molar-refractivity contribution in [2.24, 2.45) is 0 Å². The molecule has 1 aliphatic heterocycles. The third-order valence-corrected chi connectivity index (χ3v) is 3.10. The van der Waals surface area contributed by atoms with Crippen molar-refractivity contribution < 1.29 is 9.53 Å². The molecular weight excluding hydrogens is 228 g/mol. The number of carbonyl (C=O) groups is 1. The van der Waals surface area contributed by atoms with Gasteiger partial charge in [0.2, 0.25) is 5.91 Å². The van der Waals surface area contributed by atoms with Crippen LogP contribution in [0.2, 0.25) is 0 Å². The Balaban J connectivity index is 1.79. The van der Waals surface area contributed by atoms with Gasteiger partial charge in [-0.2, -0.15) is 0 Å². The first kappa shape index (κ1) is 13.1. The van der Waals surface area contributed by atoms with Crippen molar-refractivity contribution in [1.29, 1.82) is 0 Å². The summed E-state index contributed by atoms with van der Waals surface area (Å²) in [6.07, 6.45) is 1.13. The van der Waals surface area contributed by atoms with Gasteiger partial charge in [-0.15, -0.1) is 0 Å². The van der Waals surface area contributed by atoms with E-state index >= 15 is 0 Å². The van der Waals surface area contributed by atoms with E-state index in [9.17, 15) is 4.79 Å². The summed E-state index contributed by atoms with van der Waals surface area (Å²) < 4.78 is 5.78. The molecular formula is C14H20N2O2. The van der Waals surface area contributed by atoms with Gasteiger partial charge in [0.05, 0.1) is 12.7 Å². The summed E-state index contributed by atoms with van der Waals surface area (Å²) in [7, 11) is 0.